The van der Waals surface area contributed by atoms with Crippen LogP contribution >= 0.6 is 22.7 Å². The lowest BCUT2D eigenvalue weighted by molar-refractivity contribution is 0.668. The first-order valence-electron chi connectivity index (χ1n) is 22.0. The van der Waals surface area contributed by atoms with E-state index >= 15 is 0 Å². The Hall–Kier alpha value is -7.84. The third kappa shape index (κ3) is 4.86. The van der Waals surface area contributed by atoms with Crippen molar-refractivity contribution < 1.29 is 8.83 Å². The molecule has 0 N–H and O–H groups in total. The molecule has 15 rings (SSSR count). The zero-order valence-corrected chi connectivity index (χ0v) is 36.3. The van der Waals surface area contributed by atoms with Gasteiger partial charge in [-0.3, -0.25) is 0 Å². The van der Waals surface area contributed by atoms with Crippen LogP contribution in [0.4, 0.5) is 33.4 Å². The largest absolute Gasteiger partial charge is 0.456 e. The summed E-state index contributed by atoms with van der Waals surface area (Å²) in [5.74, 6) is 0. The lowest BCUT2D eigenvalue weighted by Crippen LogP contribution is -2.60. The first-order chi connectivity index (χ1) is 32.3. The summed E-state index contributed by atoms with van der Waals surface area (Å²) >= 11 is 3.83. The van der Waals surface area contributed by atoms with Gasteiger partial charge in [-0.25, -0.2) is 0 Å². The molecule has 0 bridgehead atoms. The number of fused-ring (bicyclic) bond motifs is 14. The fourth-order valence-electron chi connectivity index (χ4n) is 11.1. The third-order valence-electron chi connectivity index (χ3n) is 13.7. The highest BCUT2D eigenvalue weighted by Gasteiger charge is 2.47. The summed E-state index contributed by atoms with van der Waals surface area (Å²) in [5.41, 5.74) is 16.7. The predicted octanol–water partition coefficient (Wildman–Crippen LogP) is 15.3. The van der Waals surface area contributed by atoms with E-state index in [4.69, 9.17) is 8.83 Å². The monoisotopic (exact) mass is 864 g/mol. The van der Waals surface area contributed by atoms with Gasteiger partial charge in [0, 0.05) is 63.6 Å². The molecule has 0 fully saturated rings. The fourth-order valence-corrected chi connectivity index (χ4v) is 13.7. The van der Waals surface area contributed by atoms with Crippen molar-refractivity contribution >= 4 is 143 Å². The SMILES string of the molecule is c1ccc(-c2c(N3c4cccc5c4B(c4sc6ccccc6c4N5c4ccc5oc6ccccc6c5c4-c4ccccc4)c4c3sc3ccccc43)ccc3oc4ccccc4c23)cc1. The first-order valence-corrected chi connectivity index (χ1v) is 23.7. The van der Waals surface area contributed by atoms with E-state index in [1.807, 2.05) is 22.7 Å². The standard InChI is InChI=1S/C58H33BN2O2S2/c1-3-16-34(17-4-1)50-40(30-32-46-52(50)36-20-7-11-26-44(36)62-46)60-42-24-15-25-43-55(42)59(57-56(60)39-23-10-14-29-49(39)64-57)54-38-22-9-13-28-48(38)65-58(54)61(43)41-31-33-47-53(37-21-8-12-27-45(37)63-47)51(41)35-18-5-2-6-19-35/h1-33H. The Morgan fingerprint density at radius 2 is 0.846 bits per heavy atom. The molecule has 0 saturated heterocycles. The minimum Gasteiger partial charge on any atom is -0.456 e. The Bertz CT molecular complexity index is 4110. The van der Waals surface area contributed by atoms with E-state index in [1.165, 1.54) is 57.9 Å². The van der Waals surface area contributed by atoms with E-state index in [0.717, 1.165) is 77.5 Å². The Labute approximate surface area is 381 Å². The topological polar surface area (TPSA) is 32.8 Å². The molecule has 0 spiro atoms. The van der Waals surface area contributed by atoms with Crippen LogP contribution in [-0.2, 0) is 0 Å². The minimum atomic E-state index is -0.00965. The lowest BCUT2D eigenvalue weighted by atomic mass is 9.36. The molecule has 302 valence electrons. The number of hydrogen-bond acceptors (Lipinski definition) is 6. The molecule has 4 nitrogen and oxygen atoms in total. The molecule has 0 atom stereocenters. The van der Waals surface area contributed by atoms with Crippen molar-refractivity contribution in [1.29, 1.82) is 0 Å². The molecule has 0 aliphatic carbocycles. The van der Waals surface area contributed by atoms with Crippen molar-refractivity contribution in [2.24, 2.45) is 0 Å². The molecule has 0 radical (unpaired) electrons. The quantitative estimate of drug-likeness (QED) is 0.165. The second kappa shape index (κ2) is 13.3. The van der Waals surface area contributed by atoms with E-state index in [2.05, 4.69) is 210 Å². The number of hydrogen-bond donors (Lipinski definition) is 0. The molecule has 0 amide bonds. The van der Waals surface area contributed by atoms with Crippen molar-refractivity contribution in [3.8, 4) is 22.3 Å². The van der Waals surface area contributed by atoms with Gasteiger partial charge in [-0.15, -0.1) is 22.7 Å². The normalized spacial score (nSPS) is 13.1. The number of thiophene rings is 2. The van der Waals surface area contributed by atoms with Crippen LogP contribution in [0.5, 0.6) is 0 Å². The second-order valence-electron chi connectivity index (χ2n) is 17.0. The van der Waals surface area contributed by atoms with Gasteiger partial charge in [0.15, 0.2) is 0 Å². The summed E-state index contributed by atoms with van der Waals surface area (Å²) in [7, 11) is 0. The number of nitrogens with zero attached hydrogens (tertiary/aromatic N) is 2. The van der Waals surface area contributed by atoms with Gasteiger partial charge < -0.3 is 18.6 Å². The van der Waals surface area contributed by atoms with Gasteiger partial charge in [-0.1, -0.05) is 140 Å². The van der Waals surface area contributed by atoms with Gasteiger partial charge in [0.2, 0.25) is 0 Å². The fraction of sp³-hybridized carbons (Fsp3) is 0. The summed E-state index contributed by atoms with van der Waals surface area (Å²) in [5, 5.41) is 8.28. The van der Waals surface area contributed by atoms with Crippen molar-refractivity contribution in [2.45, 2.75) is 0 Å². The highest BCUT2D eigenvalue weighted by Crippen LogP contribution is 2.55. The van der Waals surface area contributed by atoms with E-state index in [0.29, 0.717) is 0 Å². The van der Waals surface area contributed by atoms with Crippen LogP contribution < -0.4 is 25.5 Å². The van der Waals surface area contributed by atoms with Crippen LogP contribution in [0, 0.1) is 0 Å². The van der Waals surface area contributed by atoms with Crippen LogP contribution in [-0.4, -0.2) is 6.71 Å². The van der Waals surface area contributed by atoms with Crippen molar-refractivity contribution in [3.05, 3.63) is 200 Å². The molecule has 2 aliphatic heterocycles. The highest BCUT2D eigenvalue weighted by molar-refractivity contribution is 7.35. The average Bonchev–Trinajstić information content (AvgIpc) is 4.15. The average molecular weight is 865 g/mol. The van der Waals surface area contributed by atoms with Gasteiger partial charge in [0.05, 0.1) is 22.1 Å². The first kappa shape index (κ1) is 35.6. The highest BCUT2D eigenvalue weighted by atomic mass is 32.1. The minimum absolute atomic E-state index is 0.00965. The van der Waals surface area contributed by atoms with Crippen LogP contribution in [0.25, 0.3) is 86.3 Å². The maximum absolute atomic E-state index is 6.62. The Kier molecular flexibility index (Phi) is 7.31. The molecule has 13 aromatic rings. The lowest BCUT2D eigenvalue weighted by Gasteiger charge is -2.42. The summed E-state index contributed by atoms with van der Waals surface area (Å²) in [6, 6.07) is 72.6. The second-order valence-corrected chi connectivity index (χ2v) is 19.2. The number of rotatable bonds is 4. The molecule has 7 heteroatoms. The molecular weight excluding hydrogens is 832 g/mol. The van der Waals surface area contributed by atoms with Crippen LogP contribution in [0.2, 0.25) is 0 Å². The third-order valence-corrected chi connectivity index (χ3v) is 16.1. The number of para-hydroxylation sites is 2. The maximum Gasteiger partial charge on any atom is 0.266 e. The Morgan fingerprint density at radius 3 is 1.46 bits per heavy atom. The number of benzene rings is 9. The molecule has 6 heterocycles. The van der Waals surface area contributed by atoms with Crippen LogP contribution in [0.1, 0.15) is 0 Å². The number of anilines is 6. The number of furan rings is 2. The van der Waals surface area contributed by atoms with Gasteiger partial charge in [-0.2, -0.15) is 0 Å². The molecule has 4 aromatic heterocycles. The van der Waals surface area contributed by atoms with E-state index in [1.54, 1.807) is 0 Å². The summed E-state index contributed by atoms with van der Waals surface area (Å²) in [6.45, 7) is -0.00965. The Balaban J connectivity index is 1.10. The van der Waals surface area contributed by atoms with Crippen molar-refractivity contribution in [3.63, 3.8) is 0 Å². The van der Waals surface area contributed by atoms with Crippen LogP contribution in [0.15, 0.2) is 209 Å². The molecule has 9 aromatic carbocycles. The van der Waals surface area contributed by atoms with Crippen molar-refractivity contribution in [2.75, 3.05) is 9.80 Å². The summed E-state index contributed by atoms with van der Waals surface area (Å²) < 4.78 is 17.1. The van der Waals surface area contributed by atoms with Gasteiger partial charge >= 0.3 is 0 Å². The van der Waals surface area contributed by atoms with E-state index < -0.39 is 0 Å². The summed E-state index contributed by atoms with van der Waals surface area (Å²) in [6.07, 6.45) is 0. The zero-order valence-electron chi connectivity index (χ0n) is 34.7. The van der Waals surface area contributed by atoms with Crippen LogP contribution in [0.3, 0.4) is 0 Å². The molecule has 65 heavy (non-hydrogen) atoms. The smallest absolute Gasteiger partial charge is 0.266 e. The molecule has 0 saturated carbocycles. The molecule has 0 unspecified atom stereocenters. The van der Waals surface area contributed by atoms with Gasteiger partial charge in [0.25, 0.3) is 6.71 Å². The Morgan fingerprint density at radius 1 is 0.354 bits per heavy atom. The maximum atomic E-state index is 6.62. The zero-order chi connectivity index (χ0) is 42.3. The van der Waals surface area contributed by atoms with Crippen molar-refractivity contribution in [1.82, 2.24) is 0 Å². The van der Waals surface area contributed by atoms with E-state index in [9.17, 15) is 0 Å². The molecule has 2 aliphatic rings. The predicted molar refractivity (Wildman–Crippen MR) is 277 cm³/mol. The van der Waals surface area contributed by atoms with Gasteiger partial charge in [-0.05, 0) is 88.1 Å². The summed E-state index contributed by atoms with van der Waals surface area (Å²) in [4.78, 5) is 5.18. The van der Waals surface area contributed by atoms with E-state index in [-0.39, 0.29) is 6.71 Å². The van der Waals surface area contributed by atoms with Gasteiger partial charge in [0.1, 0.15) is 22.3 Å². The molecular formula is C58H33BN2O2S2.